The van der Waals surface area contributed by atoms with Crippen molar-refractivity contribution >= 4 is 40.7 Å². The molecule has 1 spiro atoms. The van der Waals surface area contributed by atoms with Crippen LogP contribution in [0, 0.1) is 11.2 Å². The zero-order valence-electron chi connectivity index (χ0n) is 21.9. The molecule has 1 fully saturated rings. The number of aliphatic hydroxyl groups is 2. The number of nitrogens with one attached hydrogen (secondary N) is 3. The van der Waals surface area contributed by atoms with Gasteiger partial charge in [0, 0.05) is 29.2 Å². The van der Waals surface area contributed by atoms with Gasteiger partial charge in [-0.1, -0.05) is 56.1 Å². The van der Waals surface area contributed by atoms with Gasteiger partial charge in [0.1, 0.15) is 11.2 Å². The van der Waals surface area contributed by atoms with Gasteiger partial charge in [-0.3, -0.25) is 9.59 Å². The molecule has 2 aromatic rings. The second-order valence-electron chi connectivity index (χ2n) is 11.8. The van der Waals surface area contributed by atoms with E-state index in [-0.39, 0.29) is 35.2 Å². The molecular weight excluding hydrogens is 532 g/mol. The number of carbonyl (C=O) groups excluding carboxylic acids is 2. The van der Waals surface area contributed by atoms with Crippen molar-refractivity contribution in [2.75, 3.05) is 18.5 Å². The summed E-state index contributed by atoms with van der Waals surface area (Å²) in [6.45, 7) is 7.26. The lowest BCUT2D eigenvalue weighted by Crippen LogP contribution is -2.49. The third-order valence-electron chi connectivity index (χ3n) is 7.49. The third-order valence-corrected chi connectivity index (χ3v) is 8.02. The maximum atomic E-state index is 14.9. The van der Waals surface area contributed by atoms with Crippen LogP contribution in [0.4, 0.5) is 10.1 Å². The molecule has 2 aliphatic heterocycles. The lowest BCUT2D eigenvalue weighted by atomic mass is 9.62. The highest BCUT2D eigenvalue weighted by Crippen LogP contribution is 2.57. The summed E-state index contributed by atoms with van der Waals surface area (Å²) in [7, 11) is 0. The molecule has 2 heterocycles. The minimum Gasteiger partial charge on any atom is -0.393 e. The van der Waals surface area contributed by atoms with E-state index < -0.39 is 41.4 Å². The Morgan fingerprint density at radius 1 is 1.18 bits per heavy atom. The van der Waals surface area contributed by atoms with Crippen molar-refractivity contribution < 1.29 is 24.2 Å². The van der Waals surface area contributed by atoms with Crippen LogP contribution in [0.3, 0.4) is 0 Å². The normalized spacial score (nSPS) is 26.2. The van der Waals surface area contributed by atoms with Crippen LogP contribution >= 0.6 is 23.2 Å². The summed E-state index contributed by atoms with van der Waals surface area (Å²) in [5.74, 6) is -2.12. The zero-order valence-corrected chi connectivity index (χ0v) is 23.4. The molecule has 0 aliphatic carbocycles. The van der Waals surface area contributed by atoms with E-state index in [4.69, 9.17) is 23.2 Å². The van der Waals surface area contributed by atoms with Crippen LogP contribution in [0.15, 0.2) is 36.4 Å². The van der Waals surface area contributed by atoms with Crippen molar-refractivity contribution in [1.82, 2.24) is 10.6 Å². The first-order valence-corrected chi connectivity index (χ1v) is 13.4. The summed E-state index contributed by atoms with van der Waals surface area (Å²) in [4.78, 5) is 27.8. The predicted octanol–water partition coefficient (Wildman–Crippen LogP) is 4.13. The number of benzene rings is 2. The first-order chi connectivity index (χ1) is 17.7. The van der Waals surface area contributed by atoms with Crippen LogP contribution in [-0.2, 0) is 15.0 Å². The fourth-order valence-corrected chi connectivity index (χ4v) is 6.14. The maximum absolute atomic E-state index is 14.9. The van der Waals surface area contributed by atoms with E-state index in [9.17, 15) is 24.2 Å². The summed E-state index contributed by atoms with van der Waals surface area (Å²) >= 11 is 12.4. The van der Waals surface area contributed by atoms with Crippen LogP contribution in [0.2, 0.25) is 10.0 Å². The Morgan fingerprint density at radius 2 is 1.89 bits per heavy atom. The lowest BCUT2D eigenvalue weighted by Gasteiger charge is -2.37. The van der Waals surface area contributed by atoms with Crippen molar-refractivity contribution in [3.8, 4) is 0 Å². The highest BCUT2D eigenvalue weighted by Gasteiger charge is 2.65. The van der Waals surface area contributed by atoms with Crippen molar-refractivity contribution in [2.24, 2.45) is 5.41 Å². The van der Waals surface area contributed by atoms with Crippen LogP contribution in [0.5, 0.6) is 0 Å². The average molecular weight is 567 g/mol. The molecule has 0 bridgehead atoms. The minimum atomic E-state index is -1.35. The maximum Gasteiger partial charge on any atom is 0.237 e. The van der Waals surface area contributed by atoms with Crippen LogP contribution < -0.4 is 16.0 Å². The molecule has 7 nitrogen and oxygen atoms in total. The van der Waals surface area contributed by atoms with E-state index in [0.29, 0.717) is 28.3 Å². The first kappa shape index (κ1) is 28.8. The minimum absolute atomic E-state index is 0.107. The number of fused-ring (bicyclic) bond motifs is 2. The molecule has 2 aromatic carbocycles. The van der Waals surface area contributed by atoms with Gasteiger partial charge in [-0.15, -0.1) is 0 Å². The predicted molar refractivity (Wildman–Crippen MR) is 146 cm³/mol. The quantitative estimate of drug-likeness (QED) is 0.346. The van der Waals surface area contributed by atoms with E-state index >= 15 is 0 Å². The molecule has 0 unspecified atom stereocenters. The molecule has 10 heteroatoms. The van der Waals surface area contributed by atoms with Crippen LogP contribution in [0.25, 0.3) is 0 Å². The van der Waals surface area contributed by atoms with E-state index in [1.54, 1.807) is 18.2 Å². The highest BCUT2D eigenvalue weighted by molar-refractivity contribution is 6.31. The van der Waals surface area contributed by atoms with E-state index in [0.717, 1.165) is 0 Å². The Balaban J connectivity index is 1.87. The summed E-state index contributed by atoms with van der Waals surface area (Å²) in [5.41, 5.74) is -1.43. The zero-order chi connectivity index (χ0) is 28.0. The van der Waals surface area contributed by atoms with E-state index in [2.05, 4.69) is 16.0 Å². The molecule has 5 atom stereocenters. The molecule has 4 rings (SSSR count). The molecule has 2 amide bonds. The van der Waals surface area contributed by atoms with Gasteiger partial charge >= 0.3 is 0 Å². The van der Waals surface area contributed by atoms with Crippen LogP contribution in [-0.4, -0.2) is 52.9 Å². The SMILES string of the molecule is CC(C)(C)C[C@H]1N[C@@H](C(=O)NCC[C@](C)(O)CO)[C@H](c2cccc(Cl)c2)[C@@]12C(=O)Nc1cc(Cl)c(F)cc12. The number of hydrogen-bond donors (Lipinski definition) is 5. The Bertz CT molecular complexity index is 1250. The number of rotatable bonds is 7. The van der Waals surface area contributed by atoms with Gasteiger partial charge in [-0.25, -0.2) is 4.39 Å². The van der Waals surface area contributed by atoms with E-state index in [1.165, 1.54) is 19.1 Å². The molecule has 2 aliphatic rings. The first-order valence-electron chi connectivity index (χ1n) is 12.6. The number of anilines is 1. The van der Waals surface area contributed by atoms with Gasteiger partial charge in [-0.2, -0.15) is 0 Å². The summed E-state index contributed by atoms with van der Waals surface area (Å²) in [6, 6.07) is 8.29. The van der Waals surface area contributed by atoms with Crippen molar-refractivity contribution in [2.45, 2.75) is 69.6 Å². The van der Waals surface area contributed by atoms with Gasteiger partial charge in [0.2, 0.25) is 11.8 Å². The topological polar surface area (TPSA) is 111 Å². The number of halogens is 3. The van der Waals surface area contributed by atoms with Gasteiger partial charge in [0.25, 0.3) is 0 Å². The van der Waals surface area contributed by atoms with E-state index in [1.807, 2.05) is 26.8 Å². The number of hydrogen-bond acceptors (Lipinski definition) is 5. The fourth-order valence-electron chi connectivity index (χ4n) is 5.78. The average Bonchev–Trinajstić information content (AvgIpc) is 3.28. The second-order valence-corrected chi connectivity index (χ2v) is 12.7. The fraction of sp³-hybridized carbons (Fsp3) is 0.500. The summed E-state index contributed by atoms with van der Waals surface area (Å²) in [5, 5.41) is 29.0. The van der Waals surface area contributed by atoms with Gasteiger partial charge in [0.05, 0.1) is 23.3 Å². The Hall–Kier alpha value is -2.23. The standard InChI is InChI=1S/C28H34Cl2FN3O4/c1-26(2,3)13-21-28(17-11-19(31)18(30)12-20(17)33-25(28)37)22(15-6-5-7-16(29)10-15)23(34-21)24(36)32-9-8-27(4,38)14-35/h5-7,10-12,21-23,34-35,38H,8-9,13-14H2,1-4H3,(H,32,36)(H,33,37)/t21-,22+,23-,27+,28+/m1/s1. The number of carbonyl (C=O) groups is 2. The lowest BCUT2D eigenvalue weighted by molar-refractivity contribution is -0.124. The highest BCUT2D eigenvalue weighted by atomic mass is 35.5. The Morgan fingerprint density at radius 3 is 2.53 bits per heavy atom. The van der Waals surface area contributed by atoms with Crippen LogP contribution in [0.1, 0.15) is 57.6 Å². The number of aliphatic hydroxyl groups excluding tert-OH is 1. The van der Waals surface area contributed by atoms with Crippen molar-refractivity contribution in [1.29, 1.82) is 0 Å². The van der Waals surface area contributed by atoms with Gasteiger partial charge < -0.3 is 26.2 Å². The molecule has 5 N–H and O–H groups in total. The molecule has 38 heavy (non-hydrogen) atoms. The van der Waals surface area contributed by atoms with Gasteiger partial charge in [0.15, 0.2) is 0 Å². The molecule has 1 saturated heterocycles. The largest absolute Gasteiger partial charge is 0.393 e. The smallest absolute Gasteiger partial charge is 0.237 e. The molecule has 0 radical (unpaired) electrons. The van der Waals surface area contributed by atoms with Crippen molar-refractivity contribution in [3.63, 3.8) is 0 Å². The third kappa shape index (κ3) is 5.29. The summed E-state index contributed by atoms with van der Waals surface area (Å²) in [6.07, 6.45) is 0.636. The Labute approximate surface area is 232 Å². The Kier molecular flexibility index (Phi) is 7.87. The molecule has 0 saturated carbocycles. The number of amides is 2. The molecule has 0 aromatic heterocycles. The van der Waals surface area contributed by atoms with Crippen molar-refractivity contribution in [3.05, 3.63) is 63.4 Å². The monoisotopic (exact) mass is 565 g/mol. The molecule has 206 valence electrons. The molecular formula is C28H34Cl2FN3O4. The summed E-state index contributed by atoms with van der Waals surface area (Å²) < 4.78 is 14.9. The van der Waals surface area contributed by atoms with Gasteiger partial charge in [-0.05, 0) is 60.6 Å². The second kappa shape index (κ2) is 10.4.